The number of urea groups is 2. The number of methoxy groups -OCH3 is 7. The van der Waals surface area contributed by atoms with Gasteiger partial charge in [0.1, 0.15) is 97.6 Å². The molecule has 0 aromatic heterocycles. The Balaban J connectivity index is 1.18. The molecule has 14 N–H and O–H groups in total. The van der Waals surface area contributed by atoms with Gasteiger partial charge in [-0.25, -0.2) is 48.5 Å². The molecule has 0 aromatic rings. The number of aliphatic carboxylic acids is 2. The van der Waals surface area contributed by atoms with Gasteiger partial charge in [-0.2, -0.15) is 70.7 Å². The first kappa shape index (κ1) is 98.9. The van der Waals surface area contributed by atoms with Gasteiger partial charge in [-0.1, -0.05) is 6.42 Å². The molecule has 7 aliphatic heterocycles. The van der Waals surface area contributed by atoms with E-state index in [-0.39, 0.29) is 49.2 Å². The summed E-state index contributed by atoms with van der Waals surface area (Å²) in [6, 6.07) is -2.34. The summed E-state index contributed by atoms with van der Waals surface area (Å²) < 4.78 is 366. The zero-order valence-electron chi connectivity index (χ0n) is 61.1. The van der Waals surface area contributed by atoms with Gasteiger partial charge in [0, 0.05) is 80.3 Å². The summed E-state index contributed by atoms with van der Waals surface area (Å²) in [5.41, 5.74) is 0. The van der Waals surface area contributed by atoms with Gasteiger partial charge in [-0.3, -0.25) is 36.7 Å². The lowest BCUT2D eigenvalue weighted by molar-refractivity contribution is -0.385. The Morgan fingerprint density at radius 1 is 0.414 bits per heavy atom. The first-order chi connectivity index (χ1) is 53.9. The third kappa shape index (κ3) is 28.7. The Bertz CT molecular complexity index is 4140. The van der Waals surface area contributed by atoms with Crippen LogP contribution in [0.4, 0.5) is 9.59 Å². The number of carboxylic acids is 2. The first-order valence-electron chi connectivity index (χ1n) is 33.5. The lowest BCUT2D eigenvalue weighted by Crippen LogP contribution is -2.70. The Kier molecular flexibility index (Phi) is 36.0. The van der Waals surface area contributed by atoms with Gasteiger partial charge in [-0.05, 0) is 25.7 Å². The summed E-state index contributed by atoms with van der Waals surface area (Å²) in [5.74, 6) is -4.40. The fourth-order valence-corrected chi connectivity index (χ4v) is 17.8. The summed E-state index contributed by atoms with van der Waals surface area (Å²) in [4.78, 5) is 65.4. The van der Waals surface area contributed by atoms with Crippen molar-refractivity contribution >= 4 is 114 Å². The molecule has 0 radical (unpaired) electrons. The first-order valence-corrected chi connectivity index (χ1v) is 44.1. The molecule has 64 heteroatoms. The fraction of sp³-hybridized carbons (Fsp3) is 0.904. The lowest BCUT2D eigenvalue weighted by atomic mass is 9.94. The molecule has 56 nitrogen and oxygen atoms in total. The van der Waals surface area contributed by atoms with Gasteiger partial charge >= 0.3 is 96.8 Å². The summed E-state index contributed by atoms with van der Waals surface area (Å²) >= 11 is 1.75. The summed E-state index contributed by atoms with van der Waals surface area (Å²) in [5, 5.41) is 35.8. The van der Waals surface area contributed by atoms with Crippen molar-refractivity contribution in [1.82, 2.24) is 26.6 Å². The molecule has 28 atom stereocenters. The lowest BCUT2D eigenvalue weighted by Gasteiger charge is -2.51. The predicted molar refractivity (Wildman–Crippen MR) is 365 cm³/mol. The normalized spacial score (nSPS) is 35.6. The van der Waals surface area contributed by atoms with Crippen LogP contribution in [0.1, 0.15) is 38.5 Å². The highest BCUT2D eigenvalue weighted by atomic mass is 32.3. The number of fused-ring (bicyclic) bond motifs is 1. The van der Waals surface area contributed by atoms with Crippen molar-refractivity contribution in [3.8, 4) is 0 Å². The molecular weight excluding hydrogens is 1770 g/mol. The van der Waals surface area contributed by atoms with E-state index in [0.29, 0.717) is 27.2 Å². The van der Waals surface area contributed by atoms with Gasteiger partial charge in [0.2, 0.25) is 5.91 Å². The van der Waals surface area contributed by atoms with Crippen LogP contribution in [-0.2, 0) is 192 Å². The number of rotatable bonds is 45. The van der Waals surface area contributed by atoms with Crippen LogP contribution < -0.4 is 26.6 Å². The minimum Gasteiger partial charge on any atom is -0.479 e. The van der Waals surface area contributed by atoms with Crippen LogP contribution in [-0.4, -0.2) is 390 Å². The van der Waals surface area contributed by atoms with Gasteiger partial charge < -0.3 is 113 Å². The van der Waals surface area contributed by atoms with E-state index in [9.17, 15) is 125 Å². The predicted octanol–water partition coefficient (Wildman–Crippen LogP) is -7.44. The Morgan fingerprint density at radius 3 is 1.19 bits per heavy atom. The standard InChI is InChI=1S/C52H87N5O51S8/c1-86-28-21(16-93-110(65,66)67)96-46(27(31(28)87-2)56-25(58)13-9-11-15-54-51(63)53-14-10-8-12-24-26-20(19-109-24)55-52(64)57-26)101-34-32(88-3)40(90-5)48(103-38(34)44(59)60)100-30-23(18-95-112(71,72)73)98-50(43(108-116(83,84)85)37(30)106-114(77,78)79)102-35-33(89-4)41(91-6)49(104-39(35)45(61)62)99-29-22(17-94-111(68,69)70)97-47(92-7)42(107-115(80,81)82)36(29)105-113(74,75)76/h20-24,26-43,46-50H,8-19H2,1-7H3,(H,56,58)(H,59,60)(H,61,62)(H2,53,54,63)(H2,55,57,64)(H,65,66,67)(H,68,69,70)(H,71,72,73)(H,74,75,76)(H,77,78,79)(H,80,81,82)(H,83,84,85)/t20-,21+,22+,23+,24-,26-,27+,28+,29+,30+,31+,32-,33-,34-,35-,36-,37-,38-,39+,40+,41+,42+,43+,46+,47-,48+,49+,50+/m0/s1. The van der Waals surface area contributed by atoms with E-state index in [4.69, 9.17) is 84.2 Å². The average Bonchev–Trinajstić information content (AvgIpc) is 0.982. The van der Waals surface area contributed by atoms with Crippen molar-refractivity contribution in [1.29, 1.82) is 0 Å². The number of ether oxygens (including phenoxy) is 16. The van der Waals surface area contributed by atoms with Gasteiger partial charge in [-0.15, -0.1) is 0 Å². The number of nitrogens with one attached hydrogen (secondary N) is 5. The fourth-order valence-electron chi connectivity index (χ4n) is 13.4. The van der Waals surface area contributed by atoms with Crippen molar-refractivity contribution in [3.63, 3.8) is 0 Å². The molecule has 7 fully saturated rings. The Hall–Kier alpha value is -4.25. The van der Waals surface area contributed by atoms with Crippen LogP contribution in [0, 0.1) is 0 Å². The van der Waals surface area contributed by atoms with E-state index < -0.39 is 270 Å². The third-order valence-corrected chi connectivity index (χ3v) is 22.7. The second-order valence-electron chi connectivity index (χ2n) is 25.4. The SMILES string of the molecule is CO[C@H]1O[C@H](COS(=O)(=O)O)[C@@H](O[C@@H]2O[C@@H](C(=O)O)[C@@H](O[C@H]3O[C@H](COS(=O)(=O)O)[C@@H](O[C@@H]4O[C@H](C(=O)O)[C@@H](O[C@H]5O[C@H](COS(=O)(=O)O)[C@@H](OC)[C@H](OC)[C@H]5NC(=O)CCCCNC(=O)NCCCC[C@@H]5SC[C@@H]6NC(=O)N[C@@H]65)[C@H](OC)[C@H]4OC)[C@H](OS(=O)(=O)O)[C@H]3OS(=O)(=O)O)[C@H](OC)[C@H]2OC)[C@H](OS(=O)(=O)O)[C@H]1OS(=O)(=O)O. The van der Waals surface area contributed by atoms with E-state index in [1.807, 2.05) is 0 Å². The zero-order valence-corrected chi connectivity index (χ0v) is 67.6. The minimum atomic E-state index is -6.27. The maximum atomic E-state index is 13.9. The van der Waals surface area contributed by atoms with Crippen molar-refractivity contribution in [2.45, 2.75) is 209 Å². The summed E-state index contributed by atoms with van der Waals surface area (Å²) in [7, 11) is -35.1. The highest BCUT2D eigenvalue weighted by molar-refractivity contribution is 8.00. The number of hydrogen-bond donors (Lipinski definition) is 14. The van der Waals surface area contributed by atoms with E-state index in [0.717, 1.165) is 54.1 Å². The number of amides is 5. The highest BCUT2D eigenvalue weighted by Gasteiger charge is 2.63. The molecule has 0 saturated carbocycles. The Labute approximate surface area is 665 Å². The quantitative estimate of drug-likeness (QED) is 0.0153. The number of carbonyl (C=O) groups excluding carboxylic acids is 3. The number of hydrogen-bond acceptors (Lipinski definition) is 43. The number of carbonyl (C=O) groups is 5. The van der Waals surface area contributed by atoms with Crippen LogP contribution in [0.5, 0.6) is 0 Å². The molecule has 116 heavy (non-hydrogen) atoms. The minimum absolute atomic E-state index is 0.0161. The molecule has 0 bridgehead atoms. The number of unbranched alkanes of at least 4 members (excludes halogenated alkanes) is 2. The molecule has 0 aromatic carbocycles. The van der Waals surface area contributed by atoms with Crippen molar-refractivity contribution in [2.75, 3.05) is 88.4 Å². The number of carboxylic acid groups (broad SMARTS) is 2. The van der Waals surface area contributed by atoms with Gasteiger partial charge in [0.15, 0.2) is 55.9 Å². The maximum absolute atomic E-state index is 13.9. The van der Waals surface area contributed by atoms with Gasteiger partial charge in [0.05, 0.1) is 31.9 Å². The molecule has 0 aliphatic carbocycles. The maximum Gasteiger partial charge on any atom is 0.397 e. The van der Waals surface area contributed by atoms with Crippen molar-refractivity contribution in [2.24, 2.45) is 0 Å². The van der Waals surface area contributed by atoms with E-state index >= 15 is 0 Å². The average molecular weight is 1850 g/mol. The van der Waals surface area contributed by atoms with Crippen LogP contribution in [0.3, 0.4) is 0 Å². The van der Waals surface area contributed by atoms with E-state index in [2.05, 4.69) is 47.5 Å². The van der Waals surface area contributed by atoms with Crippen LogP contribution >= 0.6 is 11.8 Å². The molecule has 674 valence electrons. The zero-order chi connectivity index (χ0) is 86.5. The molecular formula is C52H87N5O51S8. The molecule has 0 unspecified atom stereocenters. The topological polar surface area (TPSA) is 779 Å². The van der Waals surface area contributed by atoms with Crippen LogP contribution in [0.2, 0.25) is 0 Å². The van der Waals surface area contributed by atoms with Crippen molar-refractivity contribution < 1.29 is 230 Å². The molecule has 7 rings (SSSR count). The smallest absolute Gasteiger partial charge is 0.397 e. The molecule has 7 saturated heterocycles. The monoisotopic (exact) mass is 1850 g/mol. The third-order valence-electron chi connectivity index (χ3n) is 18.0. The second kappa shape index (κ2) is 42.2. The number of thioether (sulfide) groups is 1. The Morgan fingerprint density at radius 2 is 0.784 bits per heavy atom. The second-order valence-corrected chi connectivity index (χ2v) is 34.2. The molecule has 5 amide bonds. The molecule has 7 aliphatic rings. The highest BCUT2D eigenvalue weighted by Crippen LogP contribution is 2.42. The summed E-state index contributed by atoms with van der Waals surface area (Å²) in [6.07, 6.45) is -57.2. The largest absolute Gasteiger partial charge is 0.479 e. The van der Waals surface area contributed by atoms with Crippen LogP contribution in [0.25, 0.3) is 0 Å². The molecule has 0 spiro atoms. The molecule has 7 heterocycles. The van der Waals surface area contributed by atoms with Gasteiger partial charge in [0.25, 0.3) is 0 Å². The van der Waals surface area contributed by atoms with E-state index in [1.165, 1.54) is 0 Å². The van der Waals surface area contributed by atoms with E-state index in [1.54, 1.807) is 11.8 Å². The summed E-state index contributed by atoms with van der Waals surface area (Å²) in [6.45, 7) is -4.12. The van der Waals surface area contributed by atoms with Crippen molar-refractivity contribution in [3.05, 3.63) is 0 Å². The van der Waals surface area contributed by atoms with Crippen LogP contribution in [0.15, 0.2) is 0 Å².